The number of carbonyl (C=O) groups excluding carboxylic acids is 1. The summed E-state index contributed by atoms with van der Waals surface area (Å²) in [5.41, 5.74) is 2.85. The molecule has 0 radical (unpaired) electrons. The van der Waals surface area contributed by atoms with Crippen molar-refractivity contribution in [3.8, 4) is 17.2 Å². The van der Waals surface area contributed by atoms with E-state index in [0.29, 0.717) is 12.8 Å². The lowest BCUT2D eigenvalue weighted by Gasteiger charge is -2.38. The van der Waals surface area contributed by atoms with E-state index in [1.807, 2.05) is 51.1 Å². The van der Waals surface area contributed by atoms with Gasteiger partial charge in [-0.3, -0.25) is 4.79 Å². The van der Waals surface area contributed by atoms with Crippen LogP contribution in [0.1, 0.15) is 49.4 Å². The molecule has 5 heteroatoms. The van der Waals surface area contributed by atoms with Crippen molar-refractivity contribution in [1.82, 2.24) is 5.32 Å². The Labute approximate surface area is 167 Å². The predicted molar refractivity (Wildman–Crippen MR) is 109 cm³/mol. The van der Waals surface area contributed by atoms with Gasteiger partial charge in [0.1, 0.15) is 22.8 Å². The third-order valence-corrected chi connectivity index (χ3v) is 5.11. The summed E-state index contributed by atoms with van der Waals surface area (Å²) in [6.07, 6.45) is 1.85. The van der Waals surface area contributed by atoms with Crippen molar-refractivity contribution >= 4 is 5.91 Å². The van der Waals surface area contributed by atoms with Crippen LogP contribution in [-0.2, 0) is 11.2 Å². The van der Waals surface area contributed by atoms with Gasteiger partial charge in [-0.1, -0.05) is 12.1 Å². The first kappa shape index (κ1) is 20.1. The van der Waals surface area contributed by atoms with E-state index in [1.165, 1.54) is 0 Å². The molecule has 0 fully saturated rings. The van der Waals surface area contributed by atoms with E-state index in [2.05, 4.69) is 11.4 Å². The SMILES string of the molecule is COc1ccc2c(c1)OC(C)(C)C[C@H]2NC(=O)CCc1ccc(OC)c(C)c1. The zero-order valence-corrected chi connectivity index (χ0v) is 17.3. The van der Waals surface area contributed by atoms with Gasteiger partial charge in [0.15, 0.2) is 0 Å². The van der Waals surface area contributed by atoms with Crippen molar-refractivity contribution in [1.29, 1.82) is 0 Å². The predicted octanol–water partition coefficient (Wildman–Crippen LogP) is 4.36. The number of nitrogens with one attached hydrogen (secondary N) is 1. The van der Waals surface area contributed by atoms with E-state index in [9.17, 15) is 4.79 Å². The molecule has 0 saturated heterocycles. The van der Waals surface area contributed by atoms with Crippen molar-refractivity contribution in [2.75, 3.05) is 14.2 Å². The van der Waals surface area contributed by atoms with Gasteiger partial charge in [0.05, 0.1) is 20.3 Å². The molecule has 1 heterocycles. The van der Waals surface area contributed by atoms with Crippen LogP contribution < -0.4 is 19.5 Å². The minimum absolute atomic E-state index is 0.0398. The molecule has 1 aliphatic rings. The summed E-state index contributed by atoms with van der Waals surface area (Å²) in [5, 5.41) is 3.19. The van der Waals surface area contributed by atoms with Crippen molar-refractivity contribution in [3.05, 3.63) is 53.1 Å². The number of carbonyl (C=O) groups is 1. The third-order valence-electron chi connectivity index (χ3n) is 5.11. The maximum Gasteiger partial charge on any atom is 0.220 e. The molecule has 2 aromatic carbocycles. The van der Waals surface area contributed by atoms with Crippen LogP contribution in [0, 0.1) is 6.92 Å². The standard InChI is InChI=1S/C23H29NO4/c1-15-12-16(6-10-20(15)27-5)7-11-22(25)24-19-14-23(2,3)28-21-13-17(26-4)8-9-18(19)21/h6,8-10,12-13,19H,7,11,14H2,1-5H3,(H,24,25)/t19-/m1/s1. The molecule has 3 rings (SSSR count). The molecule has 0 aromatic heterocycles. The fourth-order valence-corrected chi connectivity index (χ4v) is 3.71. The quantitative estimate of drug-likeness (QED) is 0.805. The summed E-state index contributed by atoms with van der Waals surface area (Å²) < 4.78 is 16.7. The molecule has 1 aliphatic heterocycles. The van der Waals surface area contributed by atoms with Gasteiger partial charge in [0.2, 0.25) is 5.91 Å². The lowest BCUT2D eigenvalue weighted by Crippen LogP contribution is -2.41. The highest BCUT2D eigenvalue weighted by molar-refractivity contribution is 5.77. The van der Waals surface area contributed by atoms with Crippen LogP contribution in [0.15, 0.2) is 36.4 Å². The molecule has 1 N–H and O–H groups in total. The number of hydrogen-bond donors (Lipinski definition) is 1. The summed E-state index contributed by atoms with van der Waals surface area (Å²) in [5.74, 6) is 2.42. The Morgan fingerprint density at radius 1 is 1.18 bits per heavy atom. The van der Waals surface area contributed by atoms with Gasteiger partial charge in [0, 0.05) is 24.5 Å². The van der Waals surface area contributed by atoms with Gasteiger partial charge in [-0.25, -0.2) is 0 Å². The molecule has 0 saturated carbocycles. The molecule has 28 heavy (non-hydrogen) atoms. The van der Waals surface area contributed by atoms with Crippen LogP contribution in [0.3, 0.4) is 0 Å². The average molecular weight is 383 g/mol. The minimum atomic E-state index is -0.357. The Balaban J connectivity index is 1.67. The number of aryl methyl sites for hydroxylation is 2. The molecule has 0 unspecified atom stereocenters. The average Bonchev–Trinajstić information content (AvgIpc) is 2.65. The first-order chi connectivity index (χ1) is 13.3. The summed E-state index contributed by atoms with van der Waals surface area (Å²) in [6, 6.07) is 11.7. The maximum atomic E-state index is 12.6. The van der Waals surface area contributed by atoms with Gasteiger partial charge in [-0.05, 0) is 56.5 Å². The van der Waals surface area contributed by atoms with Crippen LogP contribution >= 0.6 is 0 Å². The Bertz CT molecular complexity index is 860. The van der Waals surface area contributed by atoms with Crippen LogP contribution in [0.25, 0.3) is 0 Å². The van der Waals surface area contributed by atoms with Crippen LogP contribution in [0.5, 0.6) is 17.2 Å². The number of rotatable bonds is 6. The minimum Gasteiger partial charge on any atom is -0.497 e. The monoisotopic (exact) mass is 383 g/mol. The number of hydrogen-bond acceptors (Lipinski definition) is 4. The highest BCUT2D eigenvalue weighted by Gasteiger charge is 2.34. The molecule has 2 aromatic rings. The molecule has 0 bridgehead atoms. The number of ether oxygens (including phenoxy) is 3. The molecular formula is C23H29NO4. The maximum absolute atomic E-state index is 12.6. The largest absolute Gasteiger partial charge is 0.497 e. The van der Waals surface area contributed by atoms with Crippen LogP contribution in [-0.4, -0.2) is 25.7 Å². The Hall–Kier alpha value is -2.69. The molecule has 1 atom stereocenters. The normalized spacial score (nSPS) is 17.2. The van der Waals surface area contributed by atoms with Gasteiger partial charge in [0.25, 0.3) is 0 Å². The fraction of sp³-hybridized carbons (Fsp3) is 0.435. The van der Waals surface area contributed by atoms with Gasteiger partial charge in [-0.15, -0.1) is 0 Å². The molecular weight excluding hydrogens is 354 g/mol. The number of benzene rings is 2. The zero-order valence-electron chi connectivity index (χ0n) is 17.3. The molecule has 0 spiro atoms. The number of methoxy groups -OCH3 is 2. The van der Waals surface area contributed by atoms with Crippen molar-refractivity contribution in [3.63, 3.8) is 0 Å². The first-order valence-electron chi connectivity index (χ1n) is 9.61. The lowest BCUT2D eigenvalue weighted by molar-refractivity contribution is -0.122. The molecule has 150 valence electrons. The molecule has 1 amide bonds. The van der Waals surface area contributed by atoms with E-state index < -0.39 is 0 Å². The van der Waals surface area contributed by atoms with Crippen LogP contribution in [0.2, 0.25) is 0 Å². The highest BCUT2D eigenvalue weighted by atomic mass is 16.5. The molecule has 0 aliphatic carbocycles. The van der Waals surface area contributed by atoms with E-state index in [-0.39, 0.29) is 17.6 Å². The summed E-state index contributed by atoms with van der Waals surface area (Å²) >= 11 is 0. The Morgan fingerprint density at radius 3 is 2.64 bits per heavy atom. The molecule has 5 nitrogen and oxygen atoms in total. The fourth-order valence-electron chi connectivity index (χ4n) is 3.71. The van der Waals surface area contributed by atoms with Gasteiger partial charge < -0.3 is 19.5 Å². The second-order valence-electron chi connectivity index (χ2n) is 7.89. The van der Waals surface area contributed by atoms with E-state index >= 15 is 0 Å². The zero-order chi connectivity index (χ0) is 20.3. The third kappa shape index (κ3) is 4.58. The Morgan fingerprint density at radius 2 is 1.96 bits per heavy atom. The van der Waals surface area contributed by atoms with Gasteiger partial charge >= 0.3 is 0 Å². The highest BCUT2D eigenvalue weighted by Crippen LogP contribution is 2.41. The van der Waals surface area contributed by atoms with E-state index in [4.69, 9.17) is 14.2 Å². The summed E-state index contributed by atoms with van der Waals surface area (Å²) in [6.45, 7) is 6.08. The van der Waals surface area contributed by atoms with Gasteiger partial charge in [-0.2, -0.15) is 0 Å². The van der Waals surface area contributed by atoms with Crippen molar-refractivity contribution < 1.29 is 19.0 Å². The smallest absolute Gasteiger partial charge is 0.220 e. The van der Waals surface area contributed by atoms with Crippen molar-refractivity contribution in [2.24, 2.45) is 0 Å². The van der Waals surface area contributed by atoms with E-state index in [1.54, 1.807) is 14.2 Å². The summed E-state index contributed by atoms with van der Waals surface area (Å²) in [4.78, 5) is 12.6. The summed E-state index contributed by atoms with van der Waals surface area (Å²) in [7, 11) is 3.30. The lowest BCUT2D eigenvalue weighted by atomic mass is 9.89. The second kappa shape index (κ2) is 8.13. The number of amides is 1. The first-order valence-corrected chi connectivity index (χ1v) is 9.61. The topological polar surface area (TPSA) is 56.8 Å². The van der Waals surface area contributed by atoms with Crippen molar-refractivity contribution in [2.45, 2.75) is 51.7 Å². The van der Waals surface area contributed by atoms with Crippen LogP contribution in [0.4, 0.5) is 0 Å². The second-order valence-corrected chi connectivity index (χ2v) is 7.89. The Kier molecular flexibility index (Phi) is 5.82. The number of fused-ring (bicyclic) bond motifs is 1. The van der Waals surface area contributed by atoms with E-state index in [0.717, 1.165) is 40.4 Å².